The molecular formula is C12H15N3O2S. The van der Waals surface area contributed by atoms with Gasteiger partial charge in [0.15, 0.2) is 16.6 Å². The first-order chi connectivity index (χ1) is 8.69. The van der Waals surface area contributed by atoms with E-state index in [2.05, 4.69) is 15.8 Å². The minimum Gasteiger partial charge on any atom is -0.484 e. The molecule has 6 heteroatoms. The van der Waals surface area contributed by atoms with E-state index in [1.807, 2.05) is 25.1 Å². The molecule has 0 spiro atoms. The molecule has 0 atom stereocenters. The van der Waals surface area contributed by atoms with E-state index in [0.717, 1.165) is 22.8 Å². The summed E-state index contributed by atoms with van der Waals surface area (Å²) in [5, 5.41) is 7.37. The Labute approximate surface area is 111 Å². The largest absolute Gasteiger partial charge is 0.484 e. The van der Waals surface area contributed by atoms with Gasteiger partial charge < -0.3 is 14.8 Å². The summed E-state index contributed by atoms with van der Waals surface area (Å²) in [5.41, 5.74) is 4.60. The number of aryl methyl sites for hydroxylation is 1. The number of benzene rings is 1. The number of hydrazone groups is 1. The lowest BCUT2D eigenvalue weighted by Gasteiger charge is -2.06. The average molecular weight is 265 g/mol. The number of nitrogens with zero attached hydrogens (tertiary/aromatic N) is 1. The highest BCUT2D eigenvalue weighted by molar-refractivity contribution is 7.80. The minimum absolute atomic E-state index is 0.384. The van der Waals surface area contributed by atoms with Crippen LogP contribution in [0.3, 0.4) is 0 Å². The van der Waals surface area contributed by atoms with Crippen LogP contribution in [0.25, 0.3) is 0 Å². The quantitative estimate of drug-likeness (QED) is 0.590. The Morgan fingerprint density at radius 1 is 1.28 bits per heavy atom. The van der Waals surface area contributed by atoms with E-state index in [1.54, 1.807) is 7.05 Å². The molecule has 0 saturated heterocycles. The minimum atomic E-state index is 0.384. The molecule has 1 aromatic rings. The number of hydrogen-bond donors (Lipinski definition) is 2. The molecule has 0 bridgehead atoms. The second kappa shape index (κ2) is 5.68. The molecule has 0 unspecified atom stereocenters. The van der Waals surface area contributed by atoms with Crippen molar-refractivity contribution < 1.29 is 9.47 Å². The van der Waals surface area contributed by atoms with Crippen LogP contribution in [-0.4, -0.2) is 31.1 Å². The van der Waals surface area contributed by atoms with Crippen LogP contribution in [-0.2, 0) is 0 Å². The average Bonchev–Trinajstić information content (AvgIpc) is 2.58. The van der Waals surface area contributed by atoms with Gasteiger partial charge in [-0.15, -0.1) is 0 Å². The van der Waals surface area contributed by atoms with E-state index in [0.29, 0.717) is 18.3 Å². The molecule has 0 aliphatic carbocycles. The van der Waals surface area contributed by atoms with Gasteiger partial charge in [-0.25, -0.2) is 0 Å². The third-order valence-corrected chi connectivity index (χ3v) is 2.73. The maximum absolute atomic E-state index is 5.65. The number of ether oxygens (including phenoxy) is 2. The van der Waals surface area contributed by atoms with Crippen LogP contribution in [0.1, 0.15) is 5.56 Å². The van der Waals surface area contributed by atoms with E-state index < -0.39 is 0 Å². The van der Waals surface area contributed by atoms with Crippen molar-refractivity contribution in [2.45, 2.75) is 6.92 Å². The van der Waals surface area contributed by atoms with Gasteiger partial charge in [-0.3, -0.25) is 5.43 Å². The molecule has 1 aliphatic heterocycles. The number of thiocarbonyl (C=S) groups is 1. The lowest BCUT2D eigenvalue weighted by Crippen LogP contribution is -2.31. The maximum atomic E-state index is 5.65. The molecule has 0 saturated carbocycles. The lowest BCUT2D eigenvalue weighted by atomic mass is 10.2. The molecular weight excluding hydrogens is 250 g/mol. The van der Waals surface area contributed by atoms with Gasteiger partial charge in [0.25, 0.3) is 0 Å². The van der Waals surface area contributed by atoms with Crippen LogP contribution in [0.4, 0.5) is 0 Å². The van der Waals surface area contributed by atoms with Crippen molar-refractivity contribution >= 4 is 23.0 Å². The molecule has 0 amide bonds. The summed E-state index contributed by atoms with van der Waals surface area (Å²) in [5.74, 6) is 1.48. The van der Waals surface area contributed by atoms with Gasteiger partial charge in [-0.2, -0.15) is 5.10 Å². The van der Waals surface area contributed by atoms with Gasteiger partial charge in [0, 0.05) is 7.05 Å². The zero-order valence-electron chi connectivity index (χ0n) is 10.3. The first-order valence-electron chi connectivity index (χ1n) is 5.58. The predicted molar refractivity (Wildman–Crippen MR) is 74.4 cm³/mol. The van der Waals surface area contributed by atoms with E-state index in [9.17, 15) is 0 Å². The maximum Gasteiger partial charge on any atom is 0.186 e. The highest BCUT2D eigenvalue weighted by Gasteiger charge is 2.14. The molecule has 2 rings (SSSR count). The second-order valence-corrected chi connectivity index (χ2v) is 4.30. The fourth-order valence-corrected chi connectivity index (χ4v) is 1.51. The molecule has 5 nitrogen and oxygen atoms in total. The van der Waals surface area contributed by atoms with E-state index >= 15 is 0 Å². The Bertz CT molecular complexity index is 488. The van der Waals surface area contributed by atoms with Crippen LogP contribution >= 0.6 is 12.2 Å². The number of rotatable bonds is 1. The summed E-state index contributed by atoms with van der Waals surface area (Å²) in [7, 11) is 1.73. The molecule has 18 heavy (non-hydrogen) atoms. The standard InChI is InChI=1S/C12H15N3O2S/c1-8-3-4-10-11(5-8)17-7-9(6-16-10)14-15-12(18)13-2/h3-5H,6-7H2,1-2H3,(H2,13,15,18)/b14-9+. The van der Waals surface area contributed by atoms with Crippen molar-refractivity contribution in [2.24, 2.45) is 5.10 Å². The van der Waals surface area contributed by atoms with Crippen LogP contribution in [0.5, 0.6) is 11.5 Å². The SMILES string of the molecule is CNC(=S)N/N=C1\COc2ccc(C)cc2OC1. The Morgan fingerprint density at radius 2 is 2.00 bits per heavy atom. The Kier molecular flexibility index (Phi) is 3.99. The van der Waals surface area contributed by atoms with Crippen molar-refractivity contribution in [3.63, 3.8) is 0 Å². The Morgan fingerprint density at radius 3 is 2.72 bits per heavy atom. The zero-order chi connectivity index (χ0) is 13.0. The number of fused-ring (bicyclic) bond motifs is 1. The molecule has 96 valence electrons. The summed E-state index contributed by atoms with van der Waals surface area (Å²) in [4.78, 5) is 0. The first-order valence-corrected chi connectivity index (χ1v) is 5.99. The molecule has 0 radical (unpaired) electrons. The number of nitrogens with one attached hydrogen (secondary N) is 2. The Balaban J connectivity index is 2.05. The van der Waals surface area contributed by atoms with Gasteiger partial charge in [0.1, 0.15) is 18.9 Å². The normalized spacial score (nSPS) is 16.0. The zero-order valence-corrected chi connectivity index (χ0v) is 11.1. The molecule has 2 N–H and O–H groups in total. The third-order valence-electron chi connectivity index (χ3n) is 2.43. The Hall–Kier alpha value is -1.82. The summed E-state index contributed by atoms with van der Waals surface area (Å²) >= 11 is 4.93. The van der Waals surface area contributed by atoms with Crippen LogP contribution in [0.15, 0.2) is 23.3 Å². The van der Waals surface area contributed by atoms with Gasteiger partial charge in [0.05, 0.1) is 0 Å². The van der Waals surface area contributed by atoms with E-state index in [1.165, 1.54) is 0 Å². The number of hydrogen-bond acceptors (Lipinski definition) is 4. The van der Waals surface area contributed by atoms with Gasteiger partial charge in [-0.05, 0) is 36.8 Å². The highest BCUT2D eigenvalue weighted by Crippen LogP contribution is 2.29. The van der Waals surface area contributed by atoms with Crippen molar-refractivity contribution in [1.82, 2.24) is 10.7 Å². The fraction of sp³-hybridized carbons (Fsp3) is 0.333. The molecule has 0 aromatic heterocycles. The van der Waals surface area contributed by atoms with E-state index in [4.69, 9.17) is 21.7 Å². The molecule has 0 fully saturated rings. The van der Waals surface area contributed by atoms with Crippen LogP contribution < -0.4 is 20.2 Å². The monoisotopic (exact) mass is 265 g/mol. The molecule has 1 aliphatic rings. The van der Waals surface area contributed by atoms with E-state index in [-0.39, 0.29) is 0 Å². The smallest absolute Gasteiger partial charge is 0.186 e. The van der Waals surface area contributed by atoms with Gasteiger partial charge in [0.2, 0.25) is 0 Å². The summed E-state index contributed by atoms with van der Waals surface area (Å²) in [6.07, 6.45) is 0. The van der Waals surface area contributed by atoms with Crippen molar-refractivity contribution in [2.75, 3.05) is 20.3 Å². The summed E-state index contributed by atoms with van der Waals surface area (Å²) in [6.45, 7) is 2.78. The van der Waals surface area contributed by atoms with Crippen molar-refractivity contribution in [3.05, 3.63) is 23.8 Å². The van der Waals surface area contributed by atoms with Crippen LogP contribution in [0, 0.1) is 6.92 Å². The van der Waals surface area contributed by atoms with Crippen LogP contribution in [0.2, 0.25) is 0 Å². The van der Waals surface area contributed by atoms with Crippen molar-refractivity contribution in [3.8, 4) is 11.5 Å². The topological polar surface area (TPSA) is 54.9 Å². The van der Waals surface area contributed by atoms with Crippen molar-refractivity contribution in [1.29, 1.82) is 0 Å². The first kappa shape index (κ1) is 12.6. The summed E-state index contributed by atoms with van der Waals surface area (Å²) < 4.78 is 11.3. The molecule has 1 heterocycles. The third kappa shape index (κ3) is 3.10. The predicted octanol–water partition coefficient (Wildman–Crippen LogP) is 1.22. The second-order valence-electron chi connectivity index (χ2n) is 3.90. The lowest BCUT2D eigenvalue weighted by molar-refractivity contribution is 0.354. The van der Waals surface area contributed by atoms with Gasteiger partial charge in [-0.1, -0.05) is 6.07 Å². The fourth-order valence-electron chi connectivity index (χ4n) is 1.46. The van der Waals surface area contributed by atoms with Gasteiger partial charge >= 0.3 is 0 Å². The molecule has 1 aromatic carbocycles. The summed E-state index contributed by atoms with van der Waals surface area (Å²) in [6, 6.07) is 5.84. The highest BCUT2D eigenvalue weighted by atomic mass is 32.1.